The molecule has 1 aliphatic rings. The monoisotopic (exact) mass is 350 g/mol. The molecule has 2 N–H and O–H groups in total. The molecular weight excluding hydrogens is 324 g/mol. The summed E-state index contributed by atoms with van der Waals surface area (Å²) in [6.45, 7) is 0.982. The van der Waals surface area contributed by atoms with Gasteiger partial charge in [-0.25, -0.2) is 0 Å². The van der Waals surface area contributed by atoms with Gasteiger partial charge in [0.1, 0.15) is 0 Å². The van der Waals surface area contributed by atoms with Gasteiger partial charge in [-0.2, -0.15) is 0 Å². The van der Waals surface area contributed by atoms with Crippen molar-refractivity contribution in [3.05, 3.63) is 71.8 Å². The first kappa shape index (κ1) is 18.2. The molecule has 0 aromatic heterocycles. The van der Waals surface area contributed by atoms with Crippen LogP contribution in [0.25, 0.3) is 0 Å². The molecular formula is C22H26N2O2. The van der Waals surface area contributed by atoms with Crippen molar-refractivity contribution < 1.29 is 9.59 Å². The Morgan fingerprint density at radius 2 is 1.50 bits per heavy atom. The van der Waals surface area contributed by atoms with Crippen molar-refractivity contribution in [2.75, 3.05) is 13.1 Å². The fraction of sp³-hybridized carbons (Fsp3) is 0.364. The lowest BCUT2D eigenvalue weighted by atomic mass is 9.78. The van der Waals surface area contributed by atoms with Crippen molar-refractivity contribution in [2.45, 2.75) is 37.5 Å². The molecule has 1 fully saturated rings. The van der Waals surface area contributed by atoms with Gasteiger partial charge in [0.15, 0.2) is 0 Å². The van der Waals surface area contributed by atoms with Crippen LogP contribution in [0.1, 0.15) is 48.0 Å². The molecule has 0 heterocycles. The van der Waals surface area contributed by atoms with E-state index in [9.17, 15) is 9.59 Å². The second kappa shape index (κ2) is 8.17. The summed E-state index contributed by atoms with van der Waals surface area (Å²) in [7, 11) is 0. The maximum Gasteiger partial charge on any atom is 0.253 e. The standard InChI is InChI=1S/C22H26N2O2/c23-20(25)13-16-24(21(26)18-9-3-1-4-10-18)17-22(14-7-8-15-22)19-11-5-2-6-12-19/h1-6,9-12H,7-8,13-17H2,(H2,23,25). The second-order valence-electron chi connectivity index (χ2n) is 7.16. The summed E-state index contributed by atoms with van der Waals surface area (Å²) >= 11 is 0. The fourth-order valence-electron chi connectivity index (χ4n) is 4.01. The minimum Gasteiger partial charge on any atom is -0.370 e. The van der Waals surface area contributed by atoms with Gasteiger partial charge in [-0.15, -0.1) is 0 Å². The first-order chi connectivity index (χ1) is 12.6. The van der Waals surface area contributed by atoms with Crippen molar-refractivity contribution in [3.63, 3.8) is 0 Å². The molecule has 1 aliphatic carbocycles. The molecule has 0 aliphatic heterocycles. The van der Waals surface area contributed by atoms with Crippen molar-refractivity contribution in [2.24, 2.45) is 5.73 Å². The van der Waals surface area contributed by atoms with E-state index in [2.05, 4.69) is 24.3 Å². The van der Waals surface area contributed by atoms with Crippen LogP contribution in [0, 0.1) is 0 Å². The highest BCUT2D eigenvalue weighted by Crippen LogP contribution is 2.42. The van der Waals surface area contributed by atoms with E-state index in [0.717, 1.165) is 25.7 Å². The molecule has 3 rings (SSSR count). The molecule has 2 aromatic carbocycles. The van der Waals surface area contributed by atoms with Gasteiger partial charge in [-0.05, 0) is 30.5 Å². The lowest BCUT2D eigenvalue weighted by molar-refractivity contribution is -0.118. The third kappa shape index (κ3) is 4.13. The maximum absolute atomic E-state index is 13.1. The summed E-state index contributed by atoms with van der Waals surface area (Å²) in [6.07, 6.45) is 4.64. The predicted octanol–water partition coefficient (Wildman–Crippen LogP) is 3.52. The van der Waals surface area contributed by atoms with Crippen molar-refractivity contribution >= 4 is 11.8 Å². The Balaban J connectivity index is 1.88. The SMILES string of the molecule is NC(=O)CCN(CC1(c2ccccc2)CCCC1)C(=O)c1ccccc1. The van der Waals surface area contributed by atoms with Crippen LogP contribution >= 0.6 is 0 Å². The normalized spacial score (nSPS) is 15.5. The maximum atomic E-state index is 13.1. The molecule has 0 saturated heterocycles. The summed E-state index contributed by atoms with van der Waals surface area (Å²) in [5.74, 6) is -0.412. The Kier molecular flexibility index (Phi) is 5.71. The molecule has 136 valence electrons. The average Bonchev–Trinajstić information content (AvgIpc) is 3.16. The smallest absolute Gasteiger partial charge is 0.253 e. The number of hydrogen-bond acceptors (Lipinski definition) is 2. The summed E-state index contributed by atoms with van der Waals surface area (Å²) in [6, 6.07) is 19.7. The summed E-state index contributed by atoms with van der Waals surface area (Å²) < 4.78 is 0. The van der Waals surface area contributed by atoms with Gasteiger partial charge in [-0.3, -0.25) is 9.59 Å². The zero-order valence-corrected chi connectivity index (χ0v) is 15.1. The lowest BCUT2D eigenvalue weighted by Crippen LogP contribution is -2.44. The Labute approximate surface area is 155 Å². The molecule has 4 nitrogen and oxygen atoms in total. The van der Waals surface area contributed by atoms with Crippen LogP contribution in [-0.4, -0.2) is 29.8 Å². The second-order valence-corrected chi connectivity index (χ2v) is 7.16. The minimum absolute atomic E-state index is 0.0333. The Bertz CT molecular complexity index is 737. The third-order valence-corrected chi connectivity index (χ3v) is 5.38. The van der Waals surface area contributed by atoms with Crippen LogP contribution in [0.4, 0.5) is 0 Å². The number of carbonyl (C=O) groups excluding carboxylic acids is 2. The third-order valence-electron chi connectivity index (χ3n) is 5.38. The summed E-state index contributed by atoms with van der Waals surface area (Å²) in [5.41, 5.74) is 7.25. The highest BCUT2D eigenvalue weighted by molar-refractivity contribution is 5.94. The molecule has 0 radical (unpaired) electrons. The molecule has 0 atom stereocenters. The number of nitrogens with two attached hydrogens (primary N) is 1. The molecule has 0 spiro atoms. The van der Waals surface area contributed by atoms with Crippen LogP contribution in [0.2, 0.25) is 0 Å². The predicted molar refractivity (Wildman–Crippen MR) is 103 cm³/mol. The van der Waals surface area contributed by atoms with Gasteiger partial charge in [0.25, 0.3) is 5.91 Å². The van der Waals surface area contributed by atoms with E-state index >= 15 is 0 Å². The number of benzene rings is 2. The van der Waals surface area contributed by atoms with Gasteiger partial charge in [0, 0.05) is 30.5 Å². The van der Waals surface area contributed by atoms with E-state index < -0.39 is 0 Å². The first-order valence-corrected chi connectivity index (χ1v) is 9.29. The van der Waals surface area contributed by atoms with E-state index in [0.29, 0.717) is 18.7 Å². The van der Waals surface area contributed by atoms with Crippen LogP contribution in [-0.2, 0) is 10.2 Å². The van der Waals surface area contributed by atoms with Gasteiger partial charge in [0.05, 0.1) is 0 Å². The quantitative estimate of drug-likeness (QED) is 0.830. The molecule has 1 saturated carbocycles. The van der Waals surface area contributed by atoms with Crippen LogP contribution < -0.4 is 5.73 Å². The largest absolute Gasteiger partial charge is 0.370 e. The first-order valence-electron chi connectivity index (χ1n) is 9.29. The number of rotatable bonds is 7. The molecule has 26 heavy (non-hydrogen) atoms. The van der Waals surface area contributed by atoms with E-state index in [4.69, 9.17) is 5.73 Å². The molecule has 2 aromatic rings. The van der Waals surface area contributed by atoms with Crippen molar-refractivity contribution in [1.82, 2.24) is 4.90 Å². The van der Waals surface area contributed by atoms with Gasteiger partial charge in [0.2, 0.25) is 5.91 Å². The Morgan fingerprint density at radius 1 is 0.923 bits per heavy atom. The number of hydrogen-bond donors (Lipinski definition) is 1. The zero-order chi connectivity index (χ0) is 18.4. The number of nitrogens with zero attached hydrogens (tertiary/aromatic N) is 1. The average molecular weight is 350 g/mol. The topological polar surface area (TPSA) is 63.4 Å². The van der Waals surface area contributed by atoms with Crippen molar-refractivity contribution in [1.29, 1.82) is 0 Å². The number of amides is 2. The Hall–Kier alpha value is -2.62. The molecule has 0 unspecified atom stereocenters. The van der Waals surface area contributed by atoms with Crippen LogP contribution in [0.3, 0.4) is 0 Å². The van der Waals surface area contributed by atoms with E-state index in [1.807, 2.05) is 41.3 Å². The fourth-order valence-corrected chi connectivity index (χ4v) is 4.01. The zero-order valence-electron chi connectivity index (χ0n) is 15.1. The van der Waals surface area contributed by atoms with E-state index in [1.165, 1.54) is 5.56 Å². The van der Waals surface area contributed by atoms with Gasteiger partial charge in [-0.1, -0.05) is 61.4 Å². The number of primary amides is 1. The van der Waals surface area contributed by atoms with E-state index in [1.54, 1.807) is 0 Å². The highest BCUT2D eigenvalue weighted by atomic mass is 16.2. The van der Waals surface area contributed by atoms with Crippen LogP contribution in [0.15, 0.2) is 60.7 Å². The molecule has 2 amide bonds. The van der Waals surface area contributed by atoms with Gasteiger partial charge >= 0.3 is 0 Å². The van der Waals surface area contributed by atoms with E-state index in [-0.39, 0.29) is 23.7 Å². The summed E-state index contributed by atoms with van der Waals surface area (Å²) in [4.78, 5) is 26.2. The highest BCUT2D eigenvalue weighted by Gasteiger charge is 2.38. The van der Waals surface area contributed by atoms with Gasteiger partial charge < -0.3 is 10.6 Å². The van der Waals surface area contributed by atoms with Crippen molar-refractivity contribution in [3.8, 4) is 0 Å². The van der Waals surface area contributed by atoms with Crippen LogP contribution in [0.5, 0.6) is 0 Å². The lowest BCUT2D eigenvalue weighted by Gasteiger charge is -2.36. The summed E-state index contributed by atoms with van der Waals surface area (Å²) in [5, 5.41) is 0. The molecule has 0 bridgehead atoms. The Morgan fingerprint density at radius 3 is 2.08 bits per heavy atom. The number of carbonyl (C=O) groups is 2. The molecule has 4 heteroatoms. The minimum atomic E-state index is -0.379.